The SMILES string of the molecule is CC(OC(=O)c1cc(Br)ccc1O)C(=O)c1ccccc1. The summed E-state index contributed by atoms with van der Waals surface area (Å²) in [6.45, 7) is 1.50. The Labute approximate surface area is 130 Å². The Bertz CT molecular complexity index is 667. The van der Waals surface area contributed by atoms with E-state index in [1.807, 2.05) is 0 Å². The number of Topliss-reactive ketones (excluding diaryl/α,β-unsaturated/α-hetero) is 1. The third kappa shape index (κ3) is 3.70. The van der Waals surface area contributed by atoms with Crippen molar-refractivity contribution in [1.82, 2.24) is 0 Å². The fourth-order valence-electron chi connectivity index (χ4n) is 1.79. The number of halogens is 1. The van der Waals surface area contributed by atoms with Crippen LogP contribution in [0.2, 0.25) is 0 Å². The van der Waals surface area contributed by atoms with Crippen molar-refractivity contribution in [1.29, 1.82) is 0 Å². The fourth-order valence-corrected chi connectivity index (χ4v) is 2.15. The highest BCUT2D eigenvalue weighted by Crippen LogP contribution is 2.23. The van der Waals surface area contributed by atoms with Gasteiger partial charge in [-0.15, -0.1) is 0 Å². The summed E-state index contributed by atoms with van der Waals surface area (Å²) in [5.41, 5.74) is 0.480. The van der Waals surface area contributed by atoms with Crippen LogP contribution in [0.15, 0.2) is 53.0 Å². The molecule has 0 bridgehead atoms. The van der Waals surface area contributed by atoms with Crippen molar-refractivity contribution in [3.05, 3.63) is 64.1 Å². The second kappa shape index (κ2) is 6.54. The van der Waals surface area contributed by atoms with Gasteiger partial charge in [-0.2, -0.15) is 0 Å². The molecule has 108 valence electrons. The number of phenolic OH excluding ortho intramolecular Hbond substituents is 1. The Kier molecular flexibility index (Phi) is 4.75. The highest BCUT2D eigenvalue weighted by atomic mass is 79.9. The number of esters is 1. The summed E-state index contributed by atoms with van der Waals surface area (Å²) in [7, 11) is 0. The molecule has 0 fully saturated rings. The van der Waals surface area contributed by atoms with Crippen molar-refractivity contribution >= 4 is 27.7 Å². The molecule has 4 nitrogen and oxygen atoms in total. The number of carbonyl (C=O) groups is 2. The number of benzene rings is 2. The van der Waals surface area contributed by atoms with Crippen molar-refractivity contribution in [3.63, 3.8) is 0 Å². The van der Waals surface area contributed by atoms with Gasteiger partial charge in [0.2, 0.25) is 5.78 Å². The van der Waals surface area contributed by atoms with Crippen LogP contribution in [0.4, 0.5) is 0 Å². The second-order valence-corrected chi connectivity index (χ2v) is 5.35. The largest absolute Gasteiger partial charge is 0.507 e. The first-order valence-corrected chi connectivity index (χ1v) is 7.07. The lowest BCUT2D eigenvalue weighted by Gasteiger charge is -2.13. The van der Waals surface area contributed by atoms with Crippen molar-refractivity contribution in [2.24, 2.45) is 0 Å². The summed E-state index contributed by atoms with van der Waals surface area (Å²) in [6.07, 6.45) is -0.932. The molecule has 0 aliphatic carbocycles. The molecule has 2 rings (SSSR count). The third-order valence-electron chi connectivity index (χ3n) is 2.89. The molecule has 2 aromatic carbocycles. The molecule has 5 heteroatoms. The number of ketones is 1. The molecule has 0 saturated heterocycles. The lowest BCUT2D eigenvalue weighted by molar-refractivity contribution is 0.0316. The van der Waals surface area contributed by atoms with E-state index in [1.54, 1.807) is 36.4 Å². The van der Waals surface area contributed by atoms with Crippen LogP contribution in [-0.2, 0) is 4.74 Å². The molecule has 0 aliphatic heterocycles. The molecule has 0 radical (unpaired) electrons. The third-order valence-corrected chi connectivity index (χ3v) is 3.38. The number of rotatable bonds is 4. The maximum atomic E-state index is 12.1. The van der Waals surface area contributed by atoms with E-state index >= 15 is 0 Å². The van der Waals surface area contributed by atoms with E-state index in [-0.39, 0.29) is 17.1 Å². The molecule has 0 spiro atoms. The number of ether oxygens (including phenoxy) is 1. The summed E-state index contributed by atoms with van der Waals surface area (Å²) in [5.74, 6) is -1.23. The highest BCUT2D eigenvalue weighted by Gasteiger charge is 2.22. The first-order valence-electron chi connectivity index (χ1n) is 6.28. The van der Waals surface area contributed by atoms with Gasteiger partial charge < -0.3 is 9.84 Å². The van der Waals surface area contributed by atoms with Gasteiger partial charge in [0.05, 0.1) is 0 Å². The van der Waals surface area contributed by atoms with E-state index in [4.69, 9.17) is 4.74 Å². The van der Waals surface area contributed by atoms with E-state index in [0.29, 0.717) is 10.0 Å². The van der Waals surface area contributed by atoms with E-state index in [9.17, 15) is 14.7 Å². The van der Waals surface area contributed by atoms with Crippen LogP contribution in [0.1, 0.15) is 27.6 Å². The number of hydrogen-bond acceptors (Lipinski definition) is 4. The smallest absolute Gasteiger partial charge is 0.342 e. The van der Waals surface area contributed by atoms with Crippen LogP contribution in [0.3, 0.4) is 0 Å². The number of aromatic hydroxyl groups is 1. The molecular formula is C16H13BrO4. The molecule has 0 aliphatic rings. The molecule has 0 saturated carbocycles. The van der Waals surface area contributed by atoms with Crippen LogP contribution < -0.4 is 0 Å². The predicted octanol–water partition coefficient (Wildman–Crippen LogP) is 3.58. The molecule has 1 atom stereocenters. The van der Waals surface area contributed by atoms with Crippen molar-refractivity contribution in [2.75, 3.05) is 0 Å². The summed E-state index contributed by atoms with van der Waals surface area (Å²) in [5, 5.41) is 9.67. The van der Waals surface area contributed by atoms with Gasteiger partial charge >= 0.3 is 5.97 Å². The van der Waals surface area contributed by atoms with Gasteiger partial charge in [-0.3, -0.25) is 4.79 Å². The van der Waals surface area contributed by atoms with E-state index in [2.05, 4.69) is 15.9 Å². The van der Waals surface area contributed by atoms with Crippen LogP contribution in [0, 0.1) is 0 Å². The van der Waals surface area contributed by atoms with E-state index in [0.717, 1.165) is 0 Å². The quantitative estimate of drug-likeness (QED) is 0.677. The molecule has 2 aromatic rings. The highest BCUT2D eigenvalue weighted by molar-refractivity contribution is 9.10. The van der Waals surface area contributed by atoms with Crippen LogP contribution in [-0.4, -0.2) is 23.0 Å². The minimum absolute atomic E-state index is 0.0112. The molecule has 1 unspecified atom stereocenters. The Morgan fingerprint density at radius 2 is 1.81 bits per heavy atom. The van der Waals surface area contributed by atoms with Gasteiger partial charge in [0, 0.05) is 10.0 Å². The Morgan fingerprint density at radius 1 is 1.14 bits per heavy atom. The first kappa shape index (κ1) is 15.3. The van der Waals surface area contributed by atoms with Gasteiger partial charge in [0.15, 0.2) is 6.10 Å². The monoisotopic (exact) mass is 348 g/mol. The molecule has 0 heterocycles. The lowest BCUT2D eigenvalue weighted by atomic mass is 10.1. The standard InChI is InChI=1S/C16H13BrO4/c1-10(15(19)11-5-3-2-4-6-11)21-16(20)13-9-12(17)7-8-14(13)18/h2-10,18H,1H3. The Hall–Kier alpha value is -2.14. The maximum Gasteiger partial charge on any atom is 0.342 e. The average molecular weight is 349 g/mol. The molecule has 0 amide bonds. The second-order valence-electron chi connectivity index (χ2n) is 4.44. The van der Waals surface area contributed by atoms with E-state index < -0.39 is 12.1 Å². The lowest BCUT2D eigenvalue weighted by Crippen LogP contribution is -2.24. The summed E-state index contributed by atoms with van der Waals surface area (Å²) in [6, 6.07) is 13.0. The van der Waals surface area contributed by atoms with Crippen LogP contribution in [0.25, 0.3) is 0 Å². The van der Waals surface area contributed by atoms with Gasteiger partial charge in [0.25, 0.3) is 0 Å². The minimum atomic E-state index is -0.932. The molecule has 0 aromatic heterocycles. The predicted molar refractivity (Wildman–Crippen MR) is 81.5 cm³/mol. The average Bonchev–Trinajstić information content (AvgIpc) is 2.49. The van der Waals surface area contributed by atoms with Gasteiger partial charge in [-0.1, -0.05) is 46.3 Å². The topological polar surface area (TPSA) is 63.6 Å². The summed E-state index contributed by atoms with van der Waals surface area (Å²) in [4.78, 5) is 24.1. The zero-order valence-electron chi connectivity index (χ0n) is 11.2. The van der Waals surface area contributed by atoms with Crippen molar-refractivity contribution in [2.45, 2.75) is 13.0 Å². The van der Waals surface area contributed by atoms with E-state index in [1.165, 1.54) is 19.1 Å². The van der Waals surface area contributed by atoms with Gasteiger partial charge in [-0.05, 0) is 25.1 Å². The Balaban J connectivity index is 2.12. The molecule has 21 heavy (non-hydrogen) atoms. The minimum Gasteiger partial charge on any atom is -0.507 e. The summed E-state index contributed by atoms with van der Waals surface area (Å²) < 4.78 is 5.75. The van der Waals surface area contributed by atoms with Crippen molar-refractivity contribution < 1.29 is 19.4 Å². The first-order chi connectivity index (χ1) is 9.99. The maximum absolute atomic E-state index is 12.1. The number of phenols is 1. The molecule has 1 N–H and O–H groups in total. The van der Waals surface area contributed by atoms with Gasteiger partial charge in [-0.25, -0.2) is 4.79 Å². The van der Waals surface area contributed by atoms with Crippen molar-refractivity contribution in [3.8, 4) is 5.75 Å². The Morgan fingerprint density at radius 3 is 2.48 bits per heavy atom. The number of carbonyl (C=O) groups excluding carboxylic acids is 2. The number of hydrogen-bond donors (Lipinski definition) is 1. The van der Waals surface area contributed by atoms with Crippen LogP contribution in [0.5, 0.6) is 5.75 Å². The fraction of sp³-hybridized carbons (Fsp3) is 0.125. The van der Waals surface area contributed by atoms with Crippen LogP contribution >= 0.6 is 15.9 Å². The normalized spacial score (nSPS) is 11.7. The molecular weight excluding hydrogens is 336 g/mol. The summed E-state index contributed by atoms with van der Waals surface area (Å²) >= 11 is 3.21. The zero-order chi connectivity index (χ0) is 15.4. The van der Waals surface area contributed by atoms with Gasteiger partial charge in [0.1, 0.15) is 11.3 Å². The zero-order valence-corrected chi connectivity index (χ0v) is 12.8.